The lowest BCUT2D eigenvalue weighted by molar-refractivity contribution is 0.122. The van der Waals surface area contributed by atoms with Crippen LogP contribution in [0.25, 0.3) is 0 Å². The van der Waals surface area contributed by atoms with E-state index in [1.807, 2.05) is 0 Å². The lowest BCUT2D eigenvalue weighted by atomic mass is 9.94. The maximum atomic E-state index is 4.03. The second kappa shape index (κ2) is 9.14. The van der Waals surface area contributed by atoms with Gasteiger partial charge in [-0.05, 0) is 64.7 Å². The number of rotatable bonds is 0. The molecule has 3 N–H and O–H groups in total. The Morgan fingerprint density at radius 2 is 0.920 bits per heavy atom. The summed E-state index contributed by atoms with van der Waals surface area (Å²) in [4.78, 5) is 5.54. The van der Waals surface area contributed by atoms with Gasteiger partial charge < -0.3 is 25.8 Å². The first-order valence-corrected chi connectivity index (χ1v) is 11.0. The molecule has 4 heterocycles. The molecule has 0 aliphatic carbocycles. The number of hydrogen-bond acceptors (Lipinski definition) is 5. The van der Waals surface area contributed by atoms with Gasteiger partial charge in [0, 0.05) is 50.3 Å². The molecular weight excluding hydrogens is 310 g/mol. The van der Waals surface area contributed by atoms with Gasteiger partial charge in [-0.3, -0.25) is 0 Å². The SMILES string of the molecule is C1CC2CN3CCCNCCCN(CC(C1)N2)CC1CCCC(C3)N1. The smallest absolute Gasteiger partial charge is 0.0198 e. The summed E-state index contributed by atoms with van der Waals surface area (Å²) in [5.41, 5.74) is 0. The van der Waals surface area contributed by atoms with E-state index < -0.39 is 0 Å². The van der Waals surface area contributed by atoms with Gasteiger partial charge in [-0.1, -0.05) is 12.8 Å². The largest absolute Gasteiger partial charge is 0.317 e. The molecule has 5 heteroatoms. The van der Waals surface area contributed by atoms with Crippen molar-refractivity contribution in [1.82, 2.24) is 25.8 Å². The Morgan fingerprint density at radius 3 is 1.32 bits per heavy atom. The van der Waals surface area contributed by atoms with Crippen LogP contribution in [0.4, 0.5) is 0 Å². The van der Waals surface area contributed by atoms with E-state index in [1.54, 1.807) is 0 Å². The van der Waals surface area contributed by atoms with Crippen molar-refractivity contribution in [2.24, 2.45) is 0 Å². The Labute approximate surface area is 154 Å². The van der Waals surface area contributed by atoms with Gasteiger partial charge in [0.05, 0.1) is 0 Å². The van der Waals surface area contributed by atoms with E-state index in [2.05, 4.69) is 25.8 Å². The molecular formula is C20H39N5. The van der Waals surface area contributed by atoms with Crippen LogP contribution in [-0.2, 0) is 0 Å². The van der Waals surface area contributed by atoms with Crippen molar-refractivity contribution >= 4 is 0 Å². The molecule has 4 aliphatic heterocycles. The number of nitrogens with zero attached hydrogens (tertiary/aromatic N) is 2. The third-order valence-corrected chi connectivity index (χ3v) is 6.72. The first-order valence-electron chi connectivity index (χ1n) is 11.0. The summed E-state index contributed by atoms with van der Waals surface area (Å²) >= 11 is 0. The van der Waals surface area contributed by atoms with Crippen molar-refractivity contribution in [2.75, 3.05) is 52.4 Å². The highest BCUT2D eigenvalue weighted by atomic mass is 15.2. The van der Waals surface area contributed by atoms with Gasteiger partial charge in [0.15, 0.2) is 0 Å². The van der Waals surface area contributed by atoms with Crippen LogP contribution in [-0.4, -0.2) is 86.3 Å². The molecule has 0 spiro atoms. The van der Waals surface area contributed by atoms with Crippen molar-refractivity contribution in [3.63, 3.8) is 0 Å². The first kappa shape index (κ1) is 18.2. The maximum Gasteiger partial charge on any atom is 0.0198 e. The zero-order valence-corrected chi connectivity index (χ0v) is 16.0. The molecule has 144 valence electrons. The average Bonchev–Trinajstić information content (AvgIpc) is 2.60. The van der Waals surface area contributed by atoms with Crippen molar-refractivity contribution in [1.29, 1.82) is 0 Å². The van der Waals surface area contributed by atoms with E-state index in [0.717, 1.165) is 0 Å². The molecule has 4 aliphatic rings. The van der Waals surface area contributed by atoms with Crippen LogP contribution in [0.2, 0.25) is 0 Å². The molecule has 0 aromatic heterocycles. The van der Waals surface area contributed by atoms with Crippen molar-refractivity contribution in [3.05, 3.63) is 0 Å². The van der Waals surface area contributed by atoms with E-state index in [4.69, 9.17) is 0 Å². The summed E-state index contributed by atoms with van der Waals surface area (Å²) in [6.45, 7) is 9.86. The molecule has 5 nitrogen and oxygen atoms in total. The standard InChI is InChI=1S/C20H39N5/c1-5-17-13-24-11-3-9-21-10-4-12-25(14-18(6-1)22-17)16-20-8-2-7-19(15-24)23-20/h17-23H,1-16H2. The van der Waals surface area contributed by atoms with Crippen molar-refractivity contribution in [3.8, 4) is 0 Å². The Kier molecular flexibility index (Phi) is 6.64. The fourth-order valence-electron chi connectivity index (χ4n) is 5.54. The van der Waals surface area contributed by atoms with Gasteiger partial charge in [-0.2, -0.15) is 0 Å². The zero-order chi connectivity index (χ0) is 16.9. The third-order valence-electron chi connectivity index (χ3n) is 6.72. The van der Waals surface area contributed by atoms with Crippen molar-refractivity contribution in [2.45, 2.75) is 75.5 Å². The van der Waals surface area contributed by atoms with E-state index in [-0.39, 0.29) is 0 Å². The Hall–Kier alpha value is -0.200. The van der Waals surface area contributed by atoms with Gasteiger partial charge >= 0.3 is 0 Å². The summed E-state index contributed by atoms with van der Waals surface area (Å²) in [6, 6.07) is 2.82. The molecule has 0 amide bonds. The summed E-state index contributed by atoms with van der Waals surface area (Å²) < 4.78 is 0. The minimum Gasteiger partial charge on any atom is -0.317 e. The predicted octanol–water partition coefficient (Wildman–Crippen LogP) is 1.01. The molecule has 6 bridgehead atoms. The van der Waals surface area contributed by atoms with E-state index in [9.17, 15) is 0 Å². The highest BCUT2D eigenvalue weighted by molar-refractivity contribution is 4.90. The van der Waals surface area contributed by atoms with E-state index >= 15 is 0 Å². The highest BCUT2D eigenvalue weighted by Gasteiger charge is 2.30. The van der Waals surface area contributed by atoms with Gasteiger partial charge in [0.2, 0.25) is 0 Å². The normalized spacial score (nSPS) is 44.2. The molecule has 0 aromatic rings. The van der Waals surface area contributed by atoms with Gasteiger partial charge in [-0.15, -0.1) is 0 Å². The minimum absolute atomic E-state index is 0.704. The van der Waals surface area contributed by atoms with Crippen LogP contribution in [0, 0.1) is 0 Å². The summed E-state index contributed by atoms with van der Waals surface area (Å²) in [7, 11) is 0. The highest BCUT2D eigenvalue weighted by Crippen LogP contribution is 2.20. The quantitative estimate of drug-likeness (QED) is 0.609. The van der Waals surface area contributed by atoms with Crippen LogP contribution in [0.1, 0.15) is 51.4 Å². The Morgan fingerprint density at radius 1 is 0.520 bits per heavy atom. The van der Waals surface area contributed by atoms with Gasteiger partial charge in [0.25, 0.3) is 0 Å². The molecule has 4 unspecified atom stereocenters. The summed E-state index contributed by atoms with van der Waals surface area (Å²) in [5.74, 6) is 0. The van der Waals surface area contributed by atoms with E-state index in [1.165, 1.54) is 104 Å². The maximum absolute atomic E-state index is 4.03. The van der Waals surface area contributed by atoms with Crippen LogP contribution in [0.5, 0.6) is 0 Å². The third kappa shape index (κ3) is 5.39. The fraction of sp³-hybridized carbons (Fsp3) is 1.00. The summed E-state index contributed by atoms with van der Waals surface area (Å²) in [5, 5.41) is 11.7. The number of hydrogen-bond donors (Lipinski definition) is 3. The summed E-state index contributed by atoms with van der Waals surface area (Å²) in [6.07, 6.45) is 10.9. The van der Waals surface area contributed by atoms with E-state index in [0.29, 0.717) is 24.2 Å². The monoisotopic (exact) mass is 349 g/mol. The van der Waals surface area contributed by atoms with Gasteiger partial charge in [-0.25, -0.2) is 0 Å². The lowest BCUT2D eigenvalue weighted by Gasteiger charge is -2.42. The van der Waals surface area contributed by atoms with Crippen LogP contribution >= 0.6 is 0 Å². The minimum atomic E-state index is 0.704. The molecule has 4 saturated heterocycles. The first-order chi connectivity index (χ1) is 12.3. The molecule has 25 heavy (non-hydrogen) atoms. The molecule has 0 saturated carbocycles. The van der Waals surface area contributed by atoms with Crippen LogP contribution < -0.4 is 16.0 Å². The van der Waals surface area contributed by atoms with Crippen LogP contribution in [0.15, 0.2) is 0 Å². The molecule has 4 fully saturated rings. The molecule has 4 atom stereocenters. The Balaban J connectivity index is 1.54. The number of fused-ring (bicyclic) bond motifs is 4. The lowest BCUT2D eigenvalue weighted by Crippen LogP contribution is -2.58. The molecule has 4 rings (SSSR count). The predicted molar refractivity (Wildman–Crippen MR) is 104 cm³/mol. The Bertz CT molecular complexity index is 344. The molecule has 0 radical (unpaired) electrons. The number of piperidine rings is 2. The average molecular weight is 350 g/mol. The molecule has 0 aromatic carbocycles. The topological polar surface area (TPSA) is 42.6 Å². The fourth-order valence-corrected chi connectivity index (χ4v) is 5.54. The second-order valence-electron chi connectivity index (χ2n) is 8.96. The second-order valence-corrected chi connectivity index (χ2v) is 8.96. The van der Waals surface area contributed by atoms with Crippen LogP contribution in [0.3, 0.4) is 0 Å². The van der Waals surface area contributed by atoms with Gasteiger partial charge in [0.1, 0.15) is 0 Å². The zero-order valence-electron chi connectivity index (χ0n) is 16.0. The van der Waals surface area contributed by atoms with Crippen molar-refractivity contribution < 1.29 is 0 Å². The number of nitrogens with one attached hydrogen (secondary N) is 3.